The highest BCUT2D eigenvalue weighted by Gasteiger charge is 2.20. The molecule has 0 aliphatic heterocycles. The molecule has 2 aromatic carbocycles. The first-order chi connectivity index (χ1) is 14.6. The molecule has 0 unspecified atom stereocenters. The molecule has 2 aromatic rings. The van der Waals surface area contributed by atoms with E-state index in [1.165, 1.54) is 6.42 Å². The van der Waals surface area contributed by atoms with Crippen molar-refractivity contribution in [2.24, 2.45) is 0 Å². The molecule has 0 spiro atoms. The summed E-state index contributed by atoms with van der Waals surface area (Å²) in [5, 5.41) is 5.98. The Morgan fingerprint density at radius 2 is 1.77 bits per heavy atom. The number of halogens is 1. The zero-order valence-electron chi connectivity index (χ0n) is 17.1. The van der Waals surface area contributed by atoms with E-state index in [2.05, 4.69) is 26.6 Å². The molecule has 160 valence electrons. The number of carbonyl (C=O) groups is 2. The van der Waals surface area contributed by atoms with Crippen LogP contribution in [0.5, 0.6) is 5.75 Å². The number of amides is 2. The number of benzene rings is 2. The van der Waals surface area contributed by atoms with Gasteiger partial charge >= 0.3 is 0 Å². The van der Waals surface area contributed by atoms with Crippen molar-refractivity contribution in [3.63, 3.8) is 0 Å². The Morgan fingerprint density at radius 1 is 1.00 bits per heavy atom. The van der Waals surface area contributed by atoms with Crippen molar-refractivity contribution < 1.29 is 19.1 Å². The fourth-order valence-electron chi connectivity index (χ4n) is 3.53. The highest BCUT2D eigenvalue weighted by molar-refractivity contribution is 9.10. The summed E-state index contributed by atoms with van der Waals surface area (Å²) in [5.74, 6) is -0.0536. The van der Waals surface area contributed by atoms with Crippen molar-refractivity contribution in [2.75, 3.05) is 25.6 Å². The van der Waals surface area contributed by atoms with Gasteiger partial charge in [0.15, 0.2) is 0 Å². The standard InChI is InChI=1S/C23H27BrN2O4/c1-29-13-14-30-21-12-11-16(24)15-19(21)23(28)26-20-10-6-5-9-18(20)22(27)25-17-7-3-2-4-8-17/h5-6,9-12,15,17H,2-4,7-8,13-14H2,1H3,(H,25,27)(H,26,28). The summed E-state index contributed by atoms with van der Waals surface area (Å²) in [6.45, 7) is 0.750. The fourth-order valence-corrected chi connectivity index (χ4v) is 3.89. The molecule has 0 atom stereocenters. The summed E-state index contributed by atoms with van der Waals surface area (Å²) in [6.07, 6.45) is 5.50. The van der Waals surface area contributed by atoms with Gasteiger partial charge in [0, 0.05) is 17.6 Å². The third kappa shape index (κ3) is 6.06. The second kappa shape index (κ2) is 11.1. The zero-order chi connectivity index (χ0) is 21.3. The van der Waals surface area contributed by atoms with Crippen molar-refractivity contribution in [3.05, 3.63) is 58.1 Å². The Morgan fingerprint density at radius 3 is 2.53 bits per heavy atom. The minimum Gasteiger partial charge on any atom is -0.490 e. The average Bonchev–Trinajstić information content (AvgIpc) is 2.76. The van der Waals surface area contributed by atoms with E-state index in [9.17, 15) is 9.59 Å². The predicted octanol–water partition coefficient (Wildman–Crippen LogP) is 4.79. The lowest BCUT2D eigenvalue weighted by atomic mass is 9.95. The lowest BCUT2D eigenvalue weighted by molar-refractivity contribution is 0.0928. The largest absolute Gasteiger partial charge is 0.490 e. The van der Waals surface area contributed by atoms with Gasteiger partial charge in [-0.05, 0) is 43.2 Å². The van der Waals surface area contributed by atoms with Crippen LogP contribution < -0.4 is 15.4 Å². The molecule has 2 amide bonds. The topological polar surface area (TPSA) is 76.7 Å². The average molecular weight is 475 g/mol. The quantitative estimate of drug-likeness (QED) is 0.539. The number of hydrogen-bond acceptors (Lipinski definition) is 4. The normalized spacial score (nSPS) is 14.2. The van der Waals surface area contributed by atoms with Gasteiger partial charge in [0.25, 0.3) is 11.8 Å². The van der Waals surface area contributed by atoms with E-state index < -0.39 is 0 Å². The Hall–Kier alpha value is -2.38. The lowest BCUT2D eigenvalue weighted by Gasteiger charge is -2.23. The van der Waals surface area contributed by atoms with Crippen LogP contribution in [0.15, 0.2) is 46.9 Å². The van der Waals surface area contributed by atoms with E-state index in [-0.39, 0.29) is 17.9 Å². The summed E-state index contributed by atoms with van der Waals surface area (Å²) in [6, 6.07) is 12.5. The maximum Gasteiger partial charge on any atom is 0.259 e. The van der Waals surface area contributed by atoms with E-state index in [1.54, 1.807) is 43.5 Å². The van der Waals surface area contributed by atoms with Gasteiger partial charge in [0.2, 0.25) is 0 Å². The Bertz CT molecular complexity index is 881. The van der Waals surface area contributed by atoms with Gasteiger partial charge in [-0.25, -0.2) is 0 Å². The molecule has 3 rings (SSSR count). The molecule has 0 aromatic heterocycles. The van der Waals surface area contributed by atoms with E-state index in [4.69, 9.17) is 9.47 Å². The SMILES string of the molecule is COCCOc1ccc(Br)cc1C(=O)Nc1ccccc1C(=O)NC1CCCCC1. The molecule has 1 fully saturated rings. The summed E-state index contributed by atoms with van der Waals surface area (Å²) in [7, 11) is 1.59. The van der Waals surface area contributed by atoms with Crippen molar-refractivity contribution in [1.82, 2.24) is 5.32 Å². The van der Waals surface area contributed by atoms with Crippen LogP contribution >= 0.6 is 15.9 Å². The summed E-state index contributed by atoms with van der Waals surface area (Å²) in [4.78, 5) is 25.8. The van der Waals surface area contributed by atoms with Crippen molar-refractivity contribution in [2.45, 2.75) is 38.1 Å². The van der Waals surface area contributed by atoms with Crippen molar-refractivity contribution in [3.8, 4) is 5.75 Å². The summed E-state index contributed by atoms with van der Waals surface area (Å²) >= 11 is 3.40. The Kier molecular flexibility index (Phi) is 8.28. The van der Waals surface area contributed by atoms with Gasteiger partial charge in [-0.2, -0.15) is 0 Å². The summed E-state index contributed by atoms with van der Waals surface area (Å²) in [5.41, 5.74) is 1.30. The van der Waals surface area contributed by atoms with Gasteiger partial charge in [-0.3, -0.25) is 9.59 Å². The van der Waals surface area contributed by atoms with Crippen LogP contribution in [0.2, 0.25) is 0 Å². The first-order valence-electron chi connectivity index (χ1n) is 10.2. The van der Waals surface area contributed by atoms with Gasteiger partial charge in [-0.15, -0.1) is 0 Å². The molecule has 0 bridgehead atoms. The van der Waals surface area contributed by atoms with Gasteiger partial charge in [-0.1, -0.05) is 47.3 Å². The van der Waals surface area contributed by atoms with E-state index in [0.717, 1.165) is 30.2 Å². The maximum absolute atomic E-state index is 13.0. The Labute approximate surface area is 185 Å². The number of methoxy groups -OCH3 is 1. The van der Waals surface area contributed by atoms with Crippen LogP contribution in [0, 0.1) is 0 Å². The first-order valence-corrected chi connectivity index (χ1v) is 11.0. The second-order valence-electron chi connectivity index (χ2n) is 7.29. The van der Waals surface area contributed by atoms with E-state index in [0.29, 0.717) is 35.8 Å². The smallest absolute Gasteiger partial charge is 0.259 e. The maximum atomic E-state index is 13.0. The number of rotatable bonds is 8. The molecular formula is C23H27BrN2O4. The van der Waals surface area contributed by atoms with Gasteiger partial charge in [0.05, 0.1) is 23.4 Å². The highest BCUT2D eigenvalue weighted by atomic mass is 79.9. The monoisotopic (exact) mass is 474 g/mol. The molecule has 30 heavy (non-hydrogen) atoms. The second-order valence-corrected chi connectivity index (χ2v) is 8.21. The van der Waals surface area contributed by atoms with Crippen molar-refractivity contribution in [1.29, 1.82) is 0 Å². The van der Waals surface area contributed by atoms with Gasteiger partial charge in [0.1, 0.15) is 12.4 Å². The van der Waals surface area contributed by atoms with E-state index in [1.807, 2.05) is 6.07 Å². The van der Waals surface area contributed by atoms with Crippen LogP contribution in [0.25, 0.3) is 0 Å². The minimum absolute atomic E-state index is 0.163. The molecule has 0 heterocycles. The van der Waals surface area contributed by atoms with Crippen LogP contribution in [0.4, 0.5) is 5.69 Å². The van der Waals surface area contributed by atoms with Gasteiger partial charge < -0.3 is 20.1 Å². The highest BCUT2D eigenvalue weighted by Crippen LogP contribution is 2.26. The number of anilines is 1. The molecule has 1 saturated carbocycles. The predicted molar refractivity (Wildman–Crippen MR) is 120 cm³/mol. The number of para-hydroxylation sites is 1. The van der Waals surface area contributed by atoms with Crippen LogP contribution in [-0.4, -0.2) is 38.2 Å². The molecule has 0 radical (unpaired) electrons. The van der Waals surface area contributed by atoms with Crippen LogP contribution in [0.3, 0.4) is 0 Å². The third-order valence-corrected chi connectivity index (χ3v) is 5.58. The summed E-state index contributed by atoms with van der Waals surface area (Å²) < 4.78 is 11.5. The molecule has 2 N–H and O–H groups in total. The number of hydrogen-bond donors (Lipinski definition) is 2. The van der Waals surface area contributed by atoms with Crippen molar-refractivity contribution >= 4 is 33.4 Å². The Balaban J connectivity index is 1.76. The van der Waals surface area contributed by atoms with Crippen LogP contribution in [-0.2, 0) is 4.74 Å². The molecule has 1 aliphatic carbocycles. The molecule has 0 saturated heterocycles. The van der Waals surface area contributed by atoms with Crippen LogP contribution in [0.1, 0.15) is 52.8 Å². The number of carbonyl (C=O) groups excluding carboxylic acids is 2. The van der Waals surface area contributed by atoms with E-state index >= 15 is 0 Å². The number of ether oxygens (including phenoxy) is 2. The third-order valence-electron chi connectivity index (χ3n) is 5.09. The fraction of sp³-hybridized carbons (Fsp3) is 0.391. The lowest BCUT2D eigenvalue weighted by Crippen LogP contribution is -2.36. The molecule has 6 nitrogen and oxygen atoms in total. The molecular weight excluding hydrogens is 448 g/mol. The minimum atomic E-state index is -0.346. The first kappa shape index (κ1) is 22.3. The molecule has 7 heteroatoms. The number of nitrogens with one attached hydrogen (secondary N) is 2. The zero-order valence-corrected chi connectivity index (χ0v) is 18.7. The molecule has 1 aliphatic rings.